The highest BCUT2D eigenvalue weighted by Crippen LogP contribution is 2.20. The maximum Gasteiger partial charge on any atom is 0.271 e. The van der Waals surface area contributed by atoms with Gasteiger partial charge in [0, 0.05) is 29.2 Å². The smallest absolute Gasteiger partial charge is 0.271 e. The van der Waals surface area contributed by atoms with Crippen LogP contribution in [0.1, 0.15) is 15.9 Å². The number of carbonyl (C=O) groups is 1. The summed E-state index contributed by atoms with van der Waals surface area (Å²) >= 11 is 11.9. The third-order valence-electron chi connectivity index (χ3n) is 4.04. The largest absolute Gasteiger partial charge is 0.379 e. The second-order valence-corrected chi connectivity index (χ2v) is 8.69. The van der Waals surface area contributed by atoms with Crippen LogP contribution in [0.25, 0.3) is 0 Å². The highest BCUT2D eigenvalue weighted by Gasteiger charge is 2.26. The zero-order valence-corrected chi connectivity index (χ0v) is 17.0. The first kappa shape index (κ1) is 20.8. The summed E-state index contributed by atoms with van der Waals surface area (Å²) in [6.07, 6.45) is 1.38. The number of rotatable bonds is 5. The van der Waals surface area contributed by atoms with Crippen molar-refractivity contribution in [2.45, 2.75) is 4.90 Å². The summed E-state index contributed by atoms with van der Waals surface area (Å²) in [5, 5.41) is 4.74. The summed E-state index contributed by atoms with van der Waals surface area (Å²) in [6.45, 7) is 1.26. The molecule has 148 valence electrons. The molecule has 2 aromatic carbocycles. The van der Waals surface area contributed by atoms with Crippen LogP contribution in [0, 0.1) is 0 Å². The van der Waals surface area contributed by atoms with E-state index in [1.807, 2.05) is 0 Å². The molecule has 0 unspecified atom stereocenters. The van der Waals surface area contributed by atoms with E-state index in [1.54, 1.807) is 18.2 Å². The molecule has 1 fully saturated rings. The predicted octanol–water partition coefficient (Wildman–Crippen LogP) is 2.78. The van der Waals surface area contributed by atoms with Crippen LogP contribution in [0.2, 0.25) is 10.0 Å². The number of nitrogens with one attached hydrogen (secondary N) is 1. The Morgan fingerprint density at radius 2 is 1.89 bits per heavy atom. The lowest BCUT2D eigenvalue weighted by Crippen LogP contribution is -2.40. The topological polar surface area (TPSA) is 88.1 Å². The second kappa shape index (κ2) is 9.02. The van der Waals surface area contributed by atoms with Crippen molar-refractivity contribution in [2.24, 2.45) is 5.10 Å². The molecule has 0 aromatic heterocycles. The Balaban J connectivity index is 1.72. The van der Waals surface area contributed by atoms with E-state index in [-0.39, 0.29) is 23.5 Å². The number of benzene rings is 2. The van der Waals surface area contributed by atoms with Gasteiger partial charge in [-0.2, -0.15) is 9.41 Å². The van der Waals surface area contributed by atoms with Gasteiger partial charge in [0.15, 0.2) is 0 Å². The molecule has 10 heteroatoms. The second-order valence-electron chi connectivity index (χ2n) is 5.91. The van der Waals surface area contributed by atoms with E-state index in [1.165, 1.54) is 34.8 Å². The van der Waals surface area contributed by atoms with Gasteiger partial charge in [0.25, 0.3) is 5.91 Å². The quantitative estimate of drug-likeness (QED) is 0.570. The third kappa shape index (κ3) is 4.89. The van der Waals surface area contributed by atoms with Crippen LogP contribution in [-0.4, -0.2) is 51.1 Å². The summed E-state index contributed by atoms with van der Waals surface area (Å²) in [4.78, 5) is 12.4. The van der Waals surface area contributed by atoms with Crippen LogP contribution in [-0.2, 0) is 14.8 Å². The Kier molecular flexibility index (Phi) is 6.69. The summed E-state index contributed by atoms with van der Waals surface area (Å²) in [5.41, 5.74) is 3.11. The van der Waals surface area contributed by atoms with Crippen LogP contribution in [0.3, 0.4) is 0 Å². The van der Waals surface area contributed by atoms with E-state index >= 15 is 0 Å². The Labute approximate surface area is 172 Å². The van der Waals surface area contributed by atoms with E-state index in [9.17, 15) is 13.2 Å². The zero-order valence-electron chi connectivity index (χ0n) is 14.6. The molecule has 2 aromatic rings. The monoisotopic (exact) mass is 441 g/mol. The molecule has 1 aliphatic heterocycles. The molecule has 1 N–H and O–H groups in total. The number of amides is 1. The number of hydrogen-bond donors (Lipinski definition) is 1. The van der Waals surface area contributed by atoms with Crippen molar-refractivity contribution in [3.63, 3.8) is 0 Å². The normalized spacial score (nSPS) is 15.6. The van der Waals surface area contributed by atoms with Crippen LogP contribution in [0.5, 0.6) is 0 Å². The molecule has 28 heavy (non-hydrogen) atoms. The molecule has 0 spiro atoms. The molecule has 1 saturated heterocycles. The van der Waals surface area contributed by atoms with E-state index in [0.717, 1.165) is 0 Å². The summed E-state index contributed by atoms with van der Waals surface area (Å²) in [5.74, 6) is -0.541. The molecule has 0 atom stereocenters. The van der Waals surface area contributed by atoms with Gasteiger partial charge >= 0.3 is 0 Å². The molecule has 0 aliphatic carbocycles. The average molecular weight is 442 g/mol. The Hall–Kier alpha value is -1.97. The number of hydrogen-bond acceptors (Lipinski definition) is 5. The molecule has 1 amide bonds. The number of ether oxygens (including phenoxy) is 1. The van der Waals surface area contributed by atoms with E-state index in [0.29, 0.717) is 28.8 Å². The van der Waals surface area contributed by atoms with Gasteiger partial charge in [-0.05, 0) is 30.3 Å². The minimum atomic E-state index is -3.69. The van der Waals surface area contributed by atoms with Gasteiger partial charge in [0.2, 0.25) is 10.0 Å². The maximum atomic E-state index is 12.7. The Morgan fingerprint density at radius 1 is 1.14 bits per heavy atom. The van der Waals surface area contributed by atoms with Crippen LogP contribution >= 0.6 is 23.2 Å². The number of halogens is 2. The lowest BCUT2D eigenvalue weighted by molar-refractivity contribution is 0.0730. The number of morpholine rings is 1. The van der Waals surface area contributed by atoms with Crippen molar-refractivity contribution in [1.29, 1.82) is 0 Å². The van der Waals surface area contributed by atoms with Crippen molar-refractivity contribution in [1.82, 2.24) is 9.73 Å². The molecule has 0 saturated carbocycles. The molecule has 7 nitrogen and oxygen atoms in total. The third-order valence-corrected chi connectivity index (χ3v) is 6.49. The van der Waals surface area contributed by atoms with Crippen LogP contribution in [0.15, 0.2) is 52.5 Å². The maximum absolute atomic E-state index is 12.7. The van der Waals surface area contributed by atoms with Crippen molar-refractivity contribution in [3.8, 4) is 0 Å². The van der Waals surface area contributed by atoms with Gasteiger partial charge in [0.05, 0.1) is 29.3 Å². The van der Waals surface area contributed by atoms with Crippen molar-refractivity contribution in [2.75, 3.05) is 26.3 Å². The van der Waals surface area contributed by atoms with Gasteiger partial charge in [0.1, 0.15) is 0 Å². The highest BCUT2D eigenvalue weighted by molar-refractivity contribution is 7.89. The van der Waals surface area contributed by atoms with Gasteiger partial charge < -0.3 is 4.74 Å². The minimum Gasteiger partial charge on any atom is -0.379 e. The molecule has 1 heterocycles. The lowest BCUT2D eigenvalue weighted by Gasteiger charge is -2.26. The predicted molar refractivity (Wildman–Crippen MR) is 108 cm³/mol. The SMILES string of the molecule is O=C(NN=Cc1ccc(Cl)cc1Cl)c1cccc(S(=O)(=O)N2CCOCC2)c1. The molecule has 0 bridgehead atoms. The van der Waals surface area contributed by atoms with Gasteiger partial charge in [-0.15, -0.1) is 0 Å². The minimum absolute atomic E-state index is 0.0479. The number of sulfonamides is 1. The first-order chi connectivity index (χ1) is 13.4. The summed E-state index contributed by atoms with van der Waals surface area (Å²) in [7, 11) is -3.69. The van der Waals surface area contributed by atoms with E-state index in [2.05, 4.69) is 10.5 Å². The van der Waals surface area contributed by atoms with Gasteiger partial charge in [-0.1, -0.05) is 35.3 Å². The first-order valence-electron chi connectivity index (χ1n) is 8.34. The molecule has 3 rings (SSSR count). The fourth-order valence-electron chi connectivity index (χ4n) is 2.57. The zero-order chi connectivity index (χ0) is 20.1. The van der Waals surface area contributed by atoms with Crippen LogP contribution in [0.4, 0.5) is 0 Å². The summed E-state index contributed by atoms with van der Waals surface area (Å²) in [6, 6.07) is 10.7. The highest BCUT2D eigenvalue weighted by atomic mass is 35.5. The number of nitrogens with zero attached hydrogens (tertiary/aromatic N) is 2. The lowest BCUT2D eigenvalue weighted by atomic mass is 10.2. The molecule has 1 aliphatic rings. The average Bonchev–Trinajstić information content (AvgIpc) is 2.70. The Morgan fingerprint density at radius 3 is 2.61 bits per heavy atom. The van der Waals surface area contributed by atoms with Gasteiger partial charge in [-0.3, -0.25) is 4.79 Å². The van der Waals surface area contributed by atoms with E-state index in [4.69, 9.17) is 27.9 Å². The fraction of sp³-hybridized carbons (Fsp3) is 0.222. The molecule has 0 radical (unpaired) electrons. The standard InChI is InChI=1S/C18H17Cl2N3O4S/c19-15-5-4-14(17(20)11-15)12-21-22-18(24)13-2-1-3-16(10-13)28(25,26)23-6-8-27-9-7-23/h1-5,10-12H,6-9H2,(H,22,24). The Bertz CT molecular complexity index is 1010. The fourth-order valence-corrected chi connectivity index (χ4v) is 4.48. The number of hydrazone groups is 1. The van der Waals surface area contributed by atoms with Crippen molar-refractivity contribution in [3.05, 3.63) is 63.6 Å². The van der Waals surface area contributed by atoms with Crippen molar-refractivity contribution < 1.29 is 17.9 Å². The molecular formula is C18H17Cl2N3O4S. The summed E-state index contributed by atoms with van der Waals surface area (Å²) < 4.78 is 31.9. The van der Waals surface area contributed by atoms with Gasteiger partial charge in [-0.25, -0.2) is 13.8 Å². The first-order valence-corrected chi connectivity index (χ1v) is 10.5. The van der Waals surface area contributed by atoms with E-state index < -0.39 is 15.9 Å². The number of carbonyl (C=O) groups excluding carboxylic acids is 1. The van der Waals surface area contributed by atoms with Crippen molar-refractivity contribution >= 4 is 45.3 Å². The van der Waals surface area contributed by atoms with Crippen LogP contribution < -0.4 is 5.43 Å². The molecular weight excluding hydrogens is 425 g/mol.